The van der Waals surface area contributed by atoms with Crippen molar-refractivity contribution in [1.82, 2.24) is 20.3 Å². The Hall–Kier alpha value is -5.84. The molecule has 11 heteroatoms. The molecule has 47 heavy (non-hydrogen) atoms. The van der Waals surface area contributed by atoms with Crippen molar-refractivity contribution in [2.24, 2.45) is 0 Å². The van der Waals surface area contributed by atoms with Crippen molar-refractivity contribution < 1.29 is 34.1 Å². The van der Waals surface area contributed by atoms with E-state index in [1.54, 1.807) is 13.1 Å². The molecule has 236 valence electrons. The van der Waals surface area contributed by atoms with Gasteiger partial charge in [0.15, 0.2) is 23.1 Å². The highest BCUT2D eigenvalue weighted by Gasteiger charge is 2.56. The van der Waals surface area contributed by atoms with Crippen molar-refractivity contribution in [1.29, 1.82) is 0 Å². The molecular formula is C36H30N4O7. The van der Waals surface area contributed by atoms with E-state index in [1.165, 1.54) is 36.6 Å². The van der Waals surface area contributed by atoms with Crippen LogP contribution in [0.2, 0.25) is 0 Å². The van der Waals surface area contributed by atoms with Crippen LogP contribution in [-0.2, 0) is 34.5 Å². The van der Waals surface area contributed by atoms with Gasteiger partial charge in [0.05, 0.1) is 23.9 Å². The lowest BCUT2D eigenvalue weighted by molar-refractivity contribution is -0.123. The number of phenols is 2. The summed E-state index contributed by atoms with van der Waals surface area (Å²) in [6, 6.07) is 14.0. The highest BCUT2D eigenvalue weighted by Crippen LogP contribution is 2.57. The lowest BCUT2D eigenvalue weighted by Gasteiger charge is -2.29. The van der Waals surface area contributed by atoms with Crippen LogP contribution in [0.3, 0.4) is 0 Å². The summed E-state index contributed by atoms with van der Waals surface area (Å²) in [5, 5.41) is 32.8. The SMILES string of the molecule is CC(=O)c1c(O)c(C)c(O)c2c1OC1=CC(=O)/C(=C(/C)NCc3cn(CC(=O)c4ccc5c(c4)Cc4ccccc4-5)nn3)C(=O)C12C. The number of allylic oxidation sites excluding steroid dienone is 4. The van der Waals surface area contributed by atoms with E-state index in [0.29, 0.717) is 11.3 Å². The van der Waals surface area contributed by atoms with Gasteiger partial charge in [-0.2, -0.15) is 0 Å². The third-order valence-electron chi connectivity index (χ3n) is 9.30. The zero-order chi connectivity index (χ0) is 33.4. The highest BCUT2D eigenvalue weighted by molar-refractivity contribution is 6.31. The van der Waals surface area contributed by atoms with Crippen molar-refractivity contribution in [3.63, 3.8) is 0 Å². The Morgan fingerprint density at radius 3 is 2.55 bits per heavy atom. The topological polar surface area (TPSA) is 161 Å². The maximum Gasteiger partial charge on any atom is 0.194 e. The van der Waals surface area contributed by atoms with Crippen molar-refractivity contribution in [3.8, 4) is 28.4 Å². The third-order valence-corrected chi connectivity index (χ3v) is 9.30. The van der Waals surface area contributed by atoms with Gasteiger partial charge in [-0.1, -0.05) is 41.6 Å². The van der Waals surface area contributed by atoms with Gasteiger partial charge in [-0.3, -0.25) is 19.2 Å². The average Bonchev–Trinajstić information content (AvgIpc) is 3.72. The number of Topliss-reactive ketones (excluding diaryl/α,β-unsaturated/α-hetero) is 3. The molecule has 3 aliphatic rings. The van der Waals surface area contributed by atoms with Crippen LogP contribution in [0.5, 0.6) is 17.2 Å². The van der Waals surface area contributed by atoms with Gasteiger partial charge in [0, 0.05) is 22.9 Å². The predicted molar refractivity (Wildman–Crippen MR) is 169 cm³/mol. The molecule has 0 radical (unpaired) electrons. The number of aromatic hydroxyl groups is 2. The second-order valence-corrected chi connectivity index (χ2v) is 12.3. The quantitative estimate of drug-likeness (QED) is 0.134. The number of phenolic OH excluding ortho intramolecular Hbond substituents is 2. The van der Waals surface area contributed by atoms with Crippen LogP contribution in [0.25, 0.3) is 11.1 Å². The molecule has 1 unspecified atom stereocenters. The zero-order valence-electron chi connectivity index (χ0n) is 26.1. The monoisotopic (exact) mass is 630 g/mol. The molecule has 7 rings (SSSR count). The van der Waals surface area contributed by atoms with Gasteiger partial charge in [0.25, 0.3) is 0 Å². The third kappa shape index (κ3) is 4.49. The van der Waals surface area contributed by atoms with E-state index in [0.717, 1.165) is 23.6 Å². The Morgan fingerprint density at radius 2 is 1.79 bits per heavy atom. The number of rotatable bonds is 7. The minimum atomic E-state index is -1.61. The molecule has 1 aromatic heterocycles. The molecule has 3 N–H and O–H groups in total. The molecule has 4 aromatic rings. The number of hydrogen-bond donors (Lipinski definition) is 3. The van der Waals surface area contributed by atoms with Gasteiger partial charge in [0.1, 0.15) is 46.2 Å². The Balaban J connectivity index is 1.08. The number of ketones is 4. The fraction of sp³-hybridized carbons (Fsp3) is 0.222. The van der Waals surface area contributed by atoms with E-state index in [-0.39, 0.29) is 58.3 Å². The highest BCUT2D eigenvalue weighted by atomic mass is 16.5. The van der Waals surface area contributed by atoms with Crippen molar-refractivity contribution >= 4 is 23.1 Å². The van der Waals surface area contributed by atoms with Gasteiger partial charge >= 0.3 is 0 Å². The van der Waals surface area contributed by atoms with E-state index in [9.17, 15) is 29.4 Å². The van der Waals surface area contributed by atoms with E-state index in [4.69, 9.17) is 4.74 Å². The summed E-state index contributed by atoms with van der Waals surface area (Å²) in [5.74, 6) is -2.90. The number of nitrogens with one attached hydrogen (secondary N) is 1. The van der Waals surface area contributed by atoms with Crippen LogP contribution >= 0.6 is 0 Å². The van der Waals surface area contributed by atoms with E-state index in [1.807, 2.05) is 30.3 Å². The molecule has 2 aliphatic carbocycles. The summed E-state index contributed by atoms with van der Waals surface area (Å²) in [6.07, 6.45) is 3.57. The maximum atomic E-state index is 14.0. The Labute approximate surface area is 269 Å². The normalized spacial score (nSPS) is 18.5. The zero-order valence-corrected chi connectivity index (χ0v) is 26.1. The van der Waals surface area contributed by atoms with Crippen LogP contribution in [0.15, 0.2) is 71.8 Å². The lowest BCUT2D eigenvalue weighted by atomic mass is 9.70. The summed E-state index contributed by atoms with van der Waals surface area (Å²) in [4.78, 5) is 52.7. The summed E-state index contributed by atoms with van der Waals surface area (Å²) in [6.45, 7) is 5.84. The molecule has 0 spiro atoms. The molecule has 3 aromatic carbocycles. The second-order valence-electron chi connectivity index (χ2n) is 12.3. The van der Waals surface area contributed by atoms with Gasteiger partial charge in [0.2, 0.25) is 0 Å². The molecular weight excluding hydrogens is 600 g/mol. The average molecular weight is 631 g/mol. The first kappa shape index (κ1) is 29.8. The minimum Gasteiger partial charge on any atom is -0.507 e. The first-order chi connectivity index (χ1) is 22.4. The molecule has 0 amide bonds. The van der Waals surface area contributed by atoms with Crippen LogP contribution < -0.4 is 10.1 Å². The lowest BCUT2D eigenvalue weighted by Crippen LogP contribution is -2.41. The molecule has 11 nitrogen and oxygen atoms in total. The van der Waals surface area contributed by atoms with Gasteiger partial charge in [-0.05, 0) is 62.4 Å². The standard InChI is InChI=1S/C36H30N4O7/c1-17-32(44)30(19(3)41)34-31(33(17)45)36(4)28(47-34)13-26(42)29(35(36)46)18(2)37-14-23-15-40(39-38-23)16-27(43)21-9-10-25-22(12-21)11-20-7-5-6-8-24(20)25/h5-10,12-13,15,37,44-45H,11,14,16H2,1-4H3/b29-18+. The predicted octanol–water partition coefficient (Wildman–Crippen LogP) is 4.40. The largest absolute Gasteiger partial charge is 0.507 e. The van der Waals surface area contributed by atoms with Crippen molar-refractivity contribution in [2.45, 2.75) is 52.6 Å². The number of carbonyl (C=O) groups excluding carboxylic acids is 4. The fourth-order valence-electron chi connectivity index (χ4n) is 6.73. The Kier molecular flexibility index (Phi) is 6.74. The number of fused-ring (bicyclic) bond motifs is 6. The van der Waals surface area contributed by atoms with Crippen molar-refractivity contribution in [2.75, 3.05) is 0 Å². The van der Waals surface area contributed by atoms with E-state index in [2.05, 4.69) is 27.8 Å². The molecule has 1 atom stereocenters. The number of aromatic nitrogens is 3. The molecule has 0 saturated carbocycles. The van der Waals surface area contributed by atoms with Crippen LogP contribution in [0.4, 0.5) is 0 Å². The van der Waals surface area contributed by atoms with Gasteiger partial charge in [-0.15, -0.1) is 5.10 Å². The summed E-state index contributed by atoms with van der Waals surface area (Å²) in [7, 11) is 0. The van der Waals surface area contributed by atoms with E-state index < -0.39 is 34.3 Å². The number of benzene rings is 3. The minimum absolute atomic E-state index is 0.0121. The van der Waals surface area contributed by atoms with Gasteiger partial charge in [-0.25, -0.2) is 4.68 Å². The van der Waals surface area contributed by atoms with Crippen molar-refractivity contribution in [3.05, 3.63) is 111 Å². The molecule has 1 aliphatic heterocycles. The summed E-state index contributed by atoms with van der Waals surface area (Å²) in [5.41, 5.74) is 4.13. The first-order valence-electron chi connectivity index (χ1n) is 15.1. The van der Waals surface area contributed by atoms with Crippen LogP contribution in [-0.4, -0.2) is 48.3 Å². The molecule has 0 fully saturated rings. The molecule has 0 bridgehead atoms. The molecule has 2 heterocycles. The number of nitrogens with zero attached hydrogens (tertiary/aromatic N) is 3. The first-order valence-corrected chi connectivity index (χ1v) is 15.1. The second kappa shape index (κ2) is 10.6. The number of carbonyl (C=O) groups is 4. The number of hydrogen-bond acceptors (Lipinski definition) is 10. The number of ether oxygens (including phenoxy) is 1. The smallest absolute Gasteiger partial charge is 0.194 e. The van der Waals surface area contributed by atoms with Crippen LogP contribution in [0.1, 0.15) is 69.4 Å². The molecule has 0 saturated heterocycles. The van der Waals surface area contributed by atoms with E-state index >= 15 is 0 Å². The Bertz CT molecular complexity index is 2170. The summed E-state index contributed by atoms with van der Waals surface area (Å²) >= 11 is 0. The van der Waals surface area contributed by atoms with Gasteiger partial charge < -0.3 is 20.3 Å². The Morgan fingerprint density at radius 1 is 1.04 bits per heavy atom. The maximum absolute atomic E-state index is 14.0. The van der Waals surface area contributed by atoms with Crippen LogP contribution in [0, 0.1) is 6.92 Å². The summed E-state index contributed by atoms with van der Waals surface area (Å²) < 4.78 is 7.25. The fourth-order valence-corrected chi connectivity index (χ4v) is 6.73.